The Morgan fingerprint density at radius 2 is 1.93 bits per heavy atom. The standard InChI is InChI=1S/C13H29NS/c1-5-8-9-12(6-2)10-13(11-15-4)14-7-3/h12-14H,5-11H2,1-4H3. The molecular weight excluding hydrogens is 202 g/mol. The average molecular weight is 231 g/mol. The van der Waals surface area contributed by atoms with Gasteiger partial charge in [0.2, 0.25) is 0 Å². The van der Waals surface area contributed by atoms with E-state index in [1.165, 1.54) is 37.9 Å². The molecule has 1 nitrogen and oxygen atoms in total. The van der Waals surface area contributed by atoms with Gasteiger partial charge in [0.1, 0.15) is 0 Å². The molecule has 92 valence electrons. The van der Waals surface area contributed by atoms with Crippen molar-refractivity contribution in [1.29, 1.82) is 0 Å². The smallest absolute Gasteiger partial charge is 0.0160 e. The summed E-state index contributed by atoms with van der Waals surface area (Å²) in [6.45, 7) is 7.94. The van der Waals surface area contributed by atoms with Crippen molar-refractivity contribution >= 4 is 11.8 Å². The predicted molar refractivity (Wildman–Crippen MR) is 73.8 cm³/mol. The maximum Gasteiger partial charge on any atom is 0.0160 e. The quantitative estimate of drug-likeness (QED) is 0.611. The molecule has 0 aliphatic rings. The maximum absolute atomic E-state index is 3.60. The molecule has 0 aromatic carbocycles. The summed E-state index contributed by atoms with van der Waals surface area (Å²) in [4.78, 5) is 0. The molecule has 0 heterocycles. The number of nitrogens with one attached hydrogen (secondary N) is 1. The Morgan fingerprint density at radius 1 is 1.20 bits per heavy atom. The fourth-order valence-electron chi connectivity index (χ4n) is 2.08. The molecular formula is C13H29NS. The van der Waals surface area contributed by atoms with Crippen molar-refractivity contribution in [3.05, 3.63) is 0 Å². The van der Waals surface area contributed by atoms with Gasteiger partial charge in [-0.15, -0.1) is 0 Å². The number of hydrogen-bond donors (Lipinski definition) is 1. The summed E-state index contributed by atoms with van der Waals surface area (Å²) in [6.07, 6.45) is 9.07. The van der Waals surface area contributed by atoms with Crippen LogP contribution >= 0.6 is 11.8 Å². The number of rotatable bonds is 10. The first-order valence-electron chi connectivity index (χ1n) is 6.50. The Labute approximate surface area is 101 Å². The van der Waals surface area contributed by atoms with E-state index in [1.807, 2.05) is 11.8 Å². The number of hydrogen-bond acceptors (Lipinski definition) is 2. The summed E-state index contributed by atoms with van der Waals surface area (Å²) in [6, 6.07) is 0.729. The molecule has 0 rings (SSSR count). The van der Waals surface area contributed by atoms with Gasteiger partial charge in [0.25, 0.3) is 0 Å². The third-order valence-corrected chi connectivity index (χ3v) is 3.76. The van der Waals surface area contributed by atoms with Crippen LogP contribution in [0.15, 0.2) is 0 Å². The second-order valence-corrected chi connectivity index (χ2v) is 5.27. The Morgan fingerprint density at radius 3 is 2.40 bits per heavy atom. The molecule has 0 aromatic heterocycles. The van der Waals surface area contributed by atoms with Crippen molar-refractivity contribution in [3.63, 3.8) is 0 Å². The Balaban J connectivity index is 3.85. The van der Waals surface area contributed by atoms with Gasteiger partial charge in [0.15, 0.2) is 0 Å². The Bertz CT molecular complexity index is 122. The summed E-state index contributed by atoms with van der Waals surface area (Å²) >= 11 is 1.96. The van der Waals surface area contributed by atoms with E-state index in [4.69, 9.17) is 0 Å². The van der Waals surface area contributed by atoms with Crippen LogP contribution in [-0.2, 0) is 0 Å². The predicted octanol–water partition coefficient (Wildman–Crippen LogP) is 3.93. The molecule has 2 heteroatoms. The first kappa shape index (κ1) is 15.3. The van der Waals surface area contributed by atoms with E-state index >= 15 is 0 Å². The van der Waals surface area contributed by atoms with Crippen LogP contribution in [0.5, 0.6) is 0 Å². The molecule has 0 spiro atoms. The molecule has 0 fully saturated rings. The van der Waals surface area contributed by atoms with Crippen LogP contribution in [-0.4, -0.2) is 24.6 Å². The Kier molecular flexibility index (Phi) is 11.0. The van der Waals surface area contributed by atoms with Crippen molar-refractivity contribution in [2.24, 2.45) is 5.92 Å². The minimum absolute atomic E-state index is 0.729. The molecule has 15 heavy (non-hydrogen) atoms. The van der Waals surface area contributed by atoms with Gasteiger partial charge in [0.05, 0.1) is 0 Å². The molecule has 0 saturated heterocycles. The summed E-state index contributed by atoms with van der Waals surface area (Å²) < 4.78 is 0. The zero-order valence-corrected chi connectivity index (χ0v) is 11.8. The summed E-state index contributed by atoms with van der Waals surface area (Å²) in [5.74, 6) is 2.19. The molecule has 0 aliphatic carbocycles. The lowest BCUT2D eigenvalue weighted by molar-refractivity contribution is 0.368. The van der Waals surface area contributed by atoms with E-state index in [1.54, 1.807) is 0 Å². The molecule has 1 N–H and O–H groups in total. The highest BCUT2D eigenvalue weighted by Crippen LogP contribution is 2.19. The average Bonchev–Trinajstić information content (AvgIpc) is 2.24. The van der Waals surface area contributed by atoms with Crippen LogP contribution in [0, 0.1) is 5.92 Å². The van der Waals surface area contributed by atoms with Crippen LogP contribution in [0.3, 0.4) is 0 Å². The second kappa shape index (κ2) is 10.8. The third-order valence-electron chi connectivity index (χ3n) is 3.02. The van der Waals surface area contributed by atoms with Gasteiger partial charge in [0, 0.05) is 11.8 Å². The first-order valence-corrected chi connectivity index (χ1v) is 7.90. The monoisotopic (exact) mass is 231 g/mol. The van der Waals surface area contributed by atoms with Gasteiger partial charge in [-0.2, -0.15) is 11.8 Å². The normalized spacial score (nSPS) is 15.2. The van der Waals surface area contributed by atoms with Gasteiger partial charge in [-0.25, -0.2) is 0 Å². The van der Waals surface area contributed by atoms with Crippen molar-refractivity contribution in [1.82, 2.24) is 5.32 Å². The second-order valence-electron chi connectivity index (χ2n) is 4.36. The molecule has 0 saturated carbocycles. The lowest BCUT2D eigenvalue weighted by Gasteiger charge is -2.22. The lowest BCUT2D eigenvalue weighted by Crippen LogP contribution is -2.33. The van der Waals surface area contributed by atoms with Gasteiger partial charge < -0.3 is 5.32 Å². The minimum atomic E-state index is 0.729. The van der Waals surface area contributed by atoms with Crippen molar-refractivity contribution < 1.29 is 0 Å². The molecule has 0 aliphatic heterocycles. The summed E-state index contributed by atoms with van der Waals surface area (Å²) in [5.41, 5.74) is 0. The fourth-order valence-corrected chi connectivity index (χ4v) is 2.74. The van der Waals surface area contributed by atoms with E-state index in [2.05, 4.69) is 32.3 Å². The van der Waals surface area contributed by atoms with Crippen LogP contribution in [0.1, 0.15) is 52.9 Å². The fraction of sp³-hybridized carbons (Fsp3) is 1.00. The largest absolute Gasteiger partial charge is 0.313 e. The topological polar surface area (TPSA) is 12.0 Å². The zero-order chi connectivity index (χ0) is 11.5. The van der Waals surface area contributed by atoms with Crippen molar-refractivity contribution in [2.75, 3.05) is 18.6 Å². The van der Waals surface area contributed by atoms with Crippen molar-refractivity contribution in [2.45, 2.75) is 58.9 Å². The molecule has 2 atom stereocenters. The molecule has 0 aromatic rings. The van der Waals surface area contributed by atoms with Gasteiger partial charge in [-0.3, -0.25) is 0 Å². The molecule has 0 bridgehead atoms. The van der Waals surface area contributed by atoms with Crippen LogP contribution in [0.2, 0.25) is 0 Å². The highest BCUT2D eigenvalue weighted by Gasteiger charge is 2.13. The van der Waals surface area contributed by atoms with Crippen molar-refractivity contribution in [3.8, 4) is 0 Å². The highest BCUT2D eigenvalue weighted by atomic mass is 32.2. The lowest BCUT2D eigenvalue weighted by atomic mass is 9.92. The summed E-state index contributed by atoms with van der Waals surface area (Å²) in [5, 5.41) is 3.60. The van der Waals surface area contributed by atoms with E-state index in [-0.39, 0.29) is 0 Å². The highest BCUT2D eigenvalue weighted by molar-refractivity contribution is 7.98. The SMILES string of the molecule is CCCCC(CC)CC(CSC)NCC. The number of unbranched alkanes of at least 4 members (excludes halogenated alkanes) is 1. The minimum Gasteiger partial charge on any atom is -0.313 e. The molecule has 0 radical (unpaired) electrons. The summed E-state index contributed by atoms with van der Waals surface area (Å²) in [7, 11) is 0. The Hall–Kier alpha value is 0.310. The number of thioether (sulfide) groups is 1. The van der Waals surface area contributed by atoms with E-state index in [0.717, 1.165) is 18.5 Å². The maximum atomic E-state index is 3.60. The third kappa shape index (κ3) is 8.15. The van der Waals surface area contributed by atoms with E-state index < -0.39 is 0 Å². The van der Waals surface area contributed by atoms with Crippen LogP contribution < -0.4 is 5.32 Å². The van der Waals surface area contributed by atoms with E-state index in [9.17, 15) is 0 Å². The molecule has 0 amide bonds. The molecule has 2 unspecified atom stereocenters. The first-order chi connectivity index (χ1) is 7.28. The van der Waals surface area contributed by atoms with Gasteiger partial charge in [-0.05, 0) is 25.1 Å². The van der Waals surface area contributed by atoms with Gasteiger partial charge in [-0.1, -0.05) is 46.5 Å². The van der Waals surface area contributed by atoms with E-state index in [0.29, 0.717) is 0 Å². The van der Waals surface area contributed by atoms with Crippen LogP contribution in [0.25, 0.3) is 0 Å². The van der Waals surface area contributed by atoms with Gasteiger partial charge >= 0.3 is 0 Å². The van der Waals surface area contributed by atoms with Crippen LogP contribution in [0.4, 0.5) is 0 Å². The zero-order valence-electron chi connectivity index (χ0n) is 11.0.